The number of hydrogen-bond acceptors (Lipinski definition) is 5. The van der Waals surface area contributed by atoms with Gasteiger partial charge in [-0.1, -0.05) is 5.16 Å². The number of carbonyl (C=O) groups is 1. The van der Waals surface area contributed by atoms with Gasteiger partial charge in [0.1, 0.15) is 5.82 Å². The molecule has 0 fully saturated rings. The number of anilines is 1. The SMILES string of the molecule is O=C(CCc1nc(-c2ccc(F)cc2)no1)Nc1cc(C(F)(F)F)ccc1-n1cccn1. The van der Waals surface area contributed by atoms with E-state index in [4.69, 9.17) is 4.52 Å². The van der Waals surface area contributed by atoms with Crippen LogP contribution in [0.3, 0.4) is 0 Å². The minimum atomic E-state index is -4.57. The van der Waals surface area contributed by atoms with E-state index in [9.17, 15) is 22.4 Å². The summed E-state index contributed by atoms with van der Waals surface area (Å²) in [5.74, 6) is -0.549. The van der Waals surface area contributed by atoms with E-state index in [1.807, 2.05) is 0 Å². The van der Waals surface area contributed by atoms with Crippen molar-refractivity contribution in [3.05, 3.63) is 78.2 Å². The van der Waals surface area contributed by atoms with Gasteiger partial charge in [0.05, 0.1) is 16.9 Å². The van der Waals surface area contributed by atoms with Gasteiger partial charge >= 0.3 is 6.18 Å². The predicted molar refractivity (Wildman–Crippen MR) is 105 cm³/mol. The van der Waals surface area contributed by atoms with E-state index in [2.05, 4.69) is 20.6 Å². The molecule has 0 atom stereocenters. The number of aromatic nitrogens is 4. The lowest BCUT2D eigenvalue weighted by molar-refractivity contribution is -0.137. The maximum absolute atomic E-state index is 13.1. The first-order chi connectivity index (χ1) is 15.3. The Morgan fingerprint density at radius 2 is 1.91 bits per heavy atom. The molecule has 0 saturated heterocycles. The van der Waals surface area contributed by atoms with Crippen LogP contribution in [0.5, 0.6) is 0 Å². The number of hydrogen-bond donors (Lipinski definition) is 1. The van der Waals surface area contributed by atoms with Gasteiger partial charge in [0.25, 0.3) is 0 Å². The highest BCUT2D eigenvalue weighted by Crippen LogP contribution is 2.33. The summed E-state index contributed by atoms with van der Waals surface area (Å²) in [7, 11) is 0. The van der Waals surface area contributed by atoms with Crippen LogP contribution in [0.1, 0.15) is 17.9 Å². The van der Waals surface area contributed by atoms with E-state index in [-0.39, 0.29) is 35.9 Å². The third-order valence-electron chi connectivity index (χ3n) is 4.49. The zero-order chi connectivity index (χ0) is 22.7. The Morgan fingerprint density at radius 1 is 1.12 bits per heavy atom. The van der Waals surface area contributed by atoms with Crippen molar-refractivity contribution in [1.82, 2.24) is 19.9 Å². The third kappa shape index (κ3) is 4.82. The molecule has 11 heteroatoms. The molecule has 0 aliphatic carbocycles. The first-order valence-electron chi connectivity index (χ1n) is 9.39. The summed E-state index contributed by atoms with van der Waals surface area (Å²) < 4.78 is 58.9. The molecule has 4 rings (SSSR count). The zero-order valence-electron chi connectivity index (χ0n) is 16.3. The fraction of sp³-hybridized carbons (Fsp3) is 0.143. The maximum atomic E-state index is 13.1. The highest BCUT2D eigenvalue weighted by atomic mass is 19.4. The van der Waals surface area contributed by atoms with Crippen LogP contribution in [0, 0.1) is 5.82 Å². The molecular weight excluding hydrogens is 430 g/mol. The summed E-state index contributed by atoms with van der Waals surface area (Å²) >= 11 is 0. The quantitative estimate of drug-likeness (QED) is 0.437. The summed E-state index contributed by atoms with van der Waals surface area (Å²) in [4.78, 5) is 16.6. The monoisotopic (exact) mass is 445 g/mol. The third-order valence-corrected chi connectivity index (χ3v) is 4.49. The summed E-state index contributed by atoms with van der Waals surface area (Å²) in [6.07, 6.45) is -1.59. The molecule has 0 unspecified atom stereocenters. The van der Waals surface area contributed by atoms with Crippen LogP contribution in [0.4, 0.5) is 23.2 Å². The van der Waals surface area contributed by atoms with E-state index in [0.717, 1.165) is 12.1 Å². The van der Waals surface area contributed by atoms with Crippen molar-refractivity contribution in [2.24, 2.45) is 0 Å². The molecule has 4 aromatic rings. The lowest BCUT2D eigenvalue weighted by Crippen LogP contribution is -2.16. The van der Waals surface area contributed by atoms with Crippen molar-refractivity contribution in [3.8, 4) is 17.1 Å². The Balaban J connectivity index is 1.46. The standard InChI is InChI=1S/C21H15F4N5O2/c22-15-5-2-13(3-6-15)20-28-19(32-29-20)9-8-18(31)27-16-12-14(21(23,24)25)4-7-17(16)30-11-1-10-26-30/h1-7,10-12H,8-9H2,(H,27,31). The lowest BCUT2D eigenvalue weighted by atomic mass is 10.1. The molecule has 1 amide bonds. The van der Waals surface area contributed by atoms with Gasteiger partial charge in [0, 0.05) is 30.8 Å². The van der Waals surface area contributed by atoms with Gasteiger partial charge in [-0.05, 0) is 48.5 Å². The Hall–Kier alpha value is -4.02. The molecule has 0 saturated carbocycles. The number of alkyl halides is 3. The number of aryl methyl sites for hydroxylation is 1. The van der Waals surface area contributed by atoms with E-state index in [0.29, 0.717) is 5.56 Å². The van der Waals surface area contributed by atoms with E-state index in [1.165, 1.54) is 41.2 Å². The van der Waals surface area contributed by atoms with Gasteiger partial charge in [-0.2, -0.15) is 23.3 Å². The second-order valence-corrected chi connectivity index (χ2v) is 6.75. The highest BCUT2D eigenvalue weighted by molar-refractivity contribution is 5.93. The van der Waals surface area contributed by atoms with Gasteiger partial charge in [-0.15, -0.1) is 0 Å². The van der Waals surface area contributed by atoms with Crippen molar-refractivity contribution in [2.45, 2.75) is 19.0 Å². The highest BCUT2D eigenvalue weighted by Gasteiger charge is 2.31. The van der Waals surface area contributed by atoms with E-state index in [1.54, 1.807) is 12.3 Å². The molecular formula is C21H15F4N5O2. The lowest BCUT2D eigenvalue weighted by Gasteiger charge is -2.14. The van der Waals surface area contributed by atoms with Crippen molar-refractivity contribution in [2.75, 3.05) is 5.32 Å². The fourth-order valence-corrected chi connectivity index (χ4v) is 2.93. The number of halogens is 4. The molecule has 2 aromatic heterocycles. The number of nitrogens with zero attached hydrogens (tertiary/aromatic N) is 4. The largest absolute Gasteiger partial charge is 0.416 e. The topological polar surface area (TPSA) is 85.8 Å². The Bertz CT molecular complexity index is 1220. The number of benzene rings is 2. The Morgan fingerprint density at radius 3 is 2.59 bits per heavy atom. The molecule has 1 N–H and O–H groups in total. The van der Waals surface area contributed by atoms with Crippen molar-refractivity contribution in [3.63, 3.8) is 0 Å². The second kappa shape index (κ2) is 8.61. The molecule has 0 bridgehead atoms. The second-order valence-electron chi connectivity index (χ2n) is 6.75. The van der Waals surface area contributed by atoms with Gasteiger partial charge in [-0.3, -0.25) is 4.79 Å². The number of carbonyl (C=O) groups excluding carboxylic acids is 1. The normalized spacial score (nSPS) is 11.5. The molecule has 0 radical (unpaired) electrons. The van der Waals surface area contributed by atoms with Crippen LogP contribution in [0.2, 0.25) is 0 Å². The van der Waals surface area contributed by atoms with Crippen molar-refractivity contribution < 1.29 is 26.9 Å². The first kappa shape index (κ1) is 21.2. The number of amides is 1. The number of nitrogens with one attached hydrogen (secondary N) is 1. The minimum absolute atomic E-state index is 0.0361. The van der Waals surface area contributed by atoms with E-state index < -0.39 is 23.5 Å². The molecule has 32 heavy (non-hydrogen) atoms. The van der Waals surface area contributed by atoms with Crippen molar-refractivity contribution >= 4 is 11.6 Å². The van der Waals surface area contributed by atoms with Gasteiger partial charge < -0.3 is 9.84 Å². The molecule has 0 aliphatic rings. The smallest absolute Gasteiger partial charge is 0.339 e. The van der Waals surface area contributed by atoms with Crippen LogP contribution in [0.25, 0.3) is 17.1 Å². The molecule has 164 valence electrons. The summed E-state index contributed by atoms with van der Waals surface area (Å²) in [5.41, 5.74) is -0.109. The molecule has 2 heterocycles. The first-order valence-corrected chi connectivity index (χ1v) is 9.39. The van der Waals surface area contributed by atoms with Crippen LogP contribution in [0.15, 0.2) is 65.4 Å². The molecule has 0 aliphatic heterocycles. The predicted octanol–water partition coefficient (Wildman–Crippen LogP) is 4.65. The summed E-state index contributed by atoms with van der Waals surface area (Å²) in [6, 6.07) is 10.1. The van der Waals surface area contributed by atoms with Crippen LogP contribution in [-0.2, 0) is 17.4 Å². The zero-order valence-corrected chi connectivity index (χ0v) is 16.3. The van der Waals surface area contributed by atoms with Gasteiger partial charge in [0.2, 0.25) is 17.6 Å². The maximum Gasteiger partial charge on any atom is 0.416 e. The molecule has 7 nitrogen and oxygen atoms in total. The fourth-order valence-electron chi connectivity index (χ4n) is 2.93. The van der Waals surface area contributed by atoms with Crippen LogP contribution < -0.4 is 5.32 Å². The Labute approximate surface area is 178 Å². The minimum Gasteiger partial charge on any atom is -0.339 e. The molecule has 0 spiro atoms. The van der Waals surface area contributed by atoms with Gasteiger partial charge in [-0.25, -0.2) is 9.07 Å². The average molecular weight is 445 g/mol. The molecule has 2 aromatic carbocycles. The van der Waals surface area contributed by atoms with Crippen LogP contribution >= 0.6 is 0 Å². The van der Waals surface area contributed by atoms with Gasteiger partial charge in [0.15, 0.2) is 0 Å². The Kier molecular flexibility index (Phi) is 5.71. The summed E-state index contributed by atoms with van der Waals surface area (Å²) in [5, 5.41) is 10.3. The van der Waals surface area contributed by atoms with E-state index >= 15 is 0 Å². The van der Waals surface area contributed by atoms with Crippen LogP contribution in [-0.4, -0.2) is 25.8 Å². The average Bonchev–Trinajstić information content (AvgIpc) is 3.44. The summed E-state index contributed by atoms with van der Waals surface area (Å²) in [6.45, 7) is 0. The van der Waals surface area contributed by atoms with Crippen molar-refractivity contribution in [1.29, 1.82) is 0 Å². The number of rotatable bonds is 6.